The Morgan fingerprint density at radius 1 is 1.45 bits per heavy atom. The van der Waals surface area contributed by atoms with Gasteiger partial charge in [0, 0.05) is 34.2 Å². The summed E-state index contributed by atoms with van der Waals surface area (Å²) in [5.41, 5.74) is 0. The van der Waals surface area contributed by atoms with Crippen LogP contribution < -0.4 is 4.90 Å². The molecule has 2 rings (SSSR count). The number of likely N-dealkylation sites (N-methyl/N-ethyl adjacent to an activating group) is 1. The van der Waals surface area contributed by atoms with Crippen LogP contribution in [0.4, 0.5) is 10.6 Å². The largest absolute Gasteiger partial charge is 0.353 e. The first-order chi connectivity index (χ1) is 9.50. The maximum atomic E-state index is 12.0. The van der Waals surface area contributed by atoms with Gasteiger partial charge in [0.15, 0.2) is 5.82 Å². The van der Waals surface area contributed by atoms with Crippen LogP contribution in [0.2, 0.25) is 5.02 Å². The van der Waals surface area contributed by atoms with Crippen LogP contribution in [0.15, 0.2) is 12.5 Å². The van der Waals surface area contributed by atoms with Crippen molar-refractivity contribution in [3.63, 3.8) is 0 Å². The van der Waals surface area contributed by atoms with E-state index in [1.165, 1.54) is 6.33 Å². The molecule has 1 atom stereocenters. The Kier molecular flexibility index (Phi) is 4.65. The summed E-state index contributed by atoms with van der Waals surface area (Å²) in [6.07, 6.45) is 5.10. The Hall–Kier alpha value is -1.56. The van der Waals surface area contributed by atoms with E-state index >= 15 is 0 Å². The molecule has 1 aromatic rings. The monoisotopic (exact) mass is 297 g/mol. The van der Waals surface area contributed by atoms with E-state index in [9.17, 15) is 4.79 Å². The standard InChI is InChI=1S/C13H20ClN5O/c1-17(2)13(20)18(3)10-5-4-6-19(8-10)12-11(14)7-15-9-16-12/h7,9-10H,4-6,8H2,1-3H3. The zero-order chi connectivity index (χ0) is 14.7. The minimum atomic E-state index is 0.0191. The highest BCUT2D eigenvalue weighted by Gasteiger charge is 2.28. The normalized spacial score (nSPS) is 18.8. The molecule has 20 heavy (non-hydrogen) atoms. The van der Waals surface area contributed by atoms with E-state index in [1.807, 2.05) is 7.05 Å². The molecule has 0 radical (unpaired) electrons. The van der Waals surface area contributed by atoms with Gasteiger partial charge >= 0.3 is 6.03 Å². The SMILES string of the molecule is CN(C)C(=O)N(C)C1CCCN(c2ncncc2Cl)C1. The van der Waals surface area contributed by atoms with Crippen molar-refractivity contribution in [1.29, 1.82) is 0 Å². The second-order valence-electron chi connectivity index (χ2n) is 5.22. The third kappa shape index (κ3) is 3.12. The molecule has 0 spiro atoms. The van der Waals surface area contributed by atoms with E-state index in [0.29, 0.717) is 5.02 Å². The number of carbonyl (C=O) groups excluding carboxylic acids is 1. The summed E-state index contributed by atoms with van der Waals surface area (Å²) in [6, 6.07) is 0.190. The van der Waals surface area contributed by atoms with Crippen molar-refractivity contribution >= 4 is 23.4 Å². The summed E-state index contributed by atoms with van der Waals surface area (Å²) >= 11 is 6.14. The van der Waals surface area contributed by atoms with E-state index in [-0.39, 0.29) is 12.1 Å². The van der Waals surface area contributed by atoms with Gasteiger partial charge in [-0.25, -0.2) is 14.8 Å². The smallest absolute Gasteiger partial charge is 0.319 e. The molecule has 0 bridgehead atoms. The van der Waals surface area contributed by atoms with Crippen molar-refractivity contribution in [2.24, 2.45) is 0 Å². The molecular weight excluding hydrogens is 278 g/mol. The maximum absolute atomic E-state index is 12.0. The third-order valence-corrected chi connectivity index (χ3v) is 3.84. The molecule has 1 fully saturated rings. The van der Waals surface area contributed by atoms with Crippen LogP contribution in [0.5, 0.6) is 0 Å². The molecule has 1 aliphatic rings. The fourth-order valence-electron chi connectivity index (χ4n) is 2.47. The molecule has 7 heteroatoms. The molecule has 0 aliphatic carbocycles. The number of halogens is 1. The number of hydrogen-bond acceptors (Lipinski definition) is 4. The van der Waals surface area contributed by atoms with Gasteiger partial charge in [0.1, 0.15) is 11.3 Å². The Labute approximate surface area is 124 Å². The number of amides is 2. The highest BCUT2D eigenvalue weighted by atomic mass is 35.5. The van der Waals surface area contributed by atoms with Gasteiger partial charge in [-0.15, -0.1) is 0 Å². The molecule has 0 N–H and O–H groups in total. The maximum Gasteiger partial charge on any atom is 0.319 e. The summed E-state index contributed by atoms with van der Waals surface area (Å²) < 4.78 is 0. The van der Waals surface area contributed by atoms with E-state index in [0.717, 1.165) is 31.7 Å². The van der Waals surface area contributed by atoms with Gasteiger partial charge in [0.25, 0.3) is 0 Å². The number of hydrogen-bond donors (Lipinski definition) is 0. The average molecular weight is 298 g/mol. The predicted molar refractivity (Wildman–Crippen MR) is 79.1 cm³/mol. The van der Waals surface area contributed by atoms with Crippen LogP contribution in [0.3, 0.4) is 0 Å². The fraction of sp³-hybridized carbons (Fsp3) is 0.615. The van der Waals surface area contributed by atoms with Crippen molar-refractivity contribution in [2.45, 2.75) is 18.9 Å². The highest BCUT2D eigenvalue weighted by molar-refractivity contribution is 6.32. The van der Waals surface area contributed by atoms with Gasteiger partial charge in [-0.3, -0.25) is 0 Å². The lowest BCUT2D eigenvalue weighted by molar-refractivity contribution is 0.157. The summed E-state index contributed by atoms with van der Waals surface area (Å²) in [5.74, 6) is 0.747. The molecule has 1 aromatic heterocycles. The molecule has 110 valence electrons. The number of urea groups is 1. The van der Waals surface area contributed by atoms with Gasteiger partial charge in [0.2, 0.25) is 0 Å². The van der Waals surface area contributed by atoms with E-state index in [4.69, 9.17) is 11.6 Å². The van der Waals surface area contributed by atoms with Crippen LogP contribution in [0.1, 0.15) is 12.8 Å². The molecular formula is C13H20ClN5O. The van der Waals surface area contributed by atoms with Gasteiger partial charge < -0.3 is 14.7 Å². The Balaban J connectivity index is 2.09. The topological polar surface area (TPSA) is 52.6 Å². The van der Waals surface area contributed by atoms with Gasteiger partial charge in [-0.2, -0.15) is 0 Å². The summed E-state index contributed by atoms with van der Waals surface area (Å²) in [7, 11) is 5.37. The molecule has 2 heterocycles. The minimum Gasteiger partial charge on any atom is -0.353 e. The van der Waals surface area contributed by atoms with Gasteiger partial charge in [0.05, 0.1) is 12.2 Å². The lowest BCUT2D eigenvalue weighted by Crippen LogP contribution is -2.51. The fourth-order valence-corrected chi connectivity index (χ4v) is 2.70. The molecule has 1 saturated heterocycles. The molecule has 0 aromatic carbocycles. The lowest BCUT2D eigenvalue weighted by atomic mass is 10.0. The van der Waals surface area contributed by atoms with Crippen LogP contribution in [-0.4, -0.2) is 66.1 Å². The first-order valence-electron chi connectivity index (χ1n) is 6.65. The van der Waals surface area contributed by atoms with E-state index in [2.05, 4.69) is 14.9 Å². The van der Waals surface area contributed by atoms with Crippen LogP contribution in [0.25, 0.3) is 0 Å². The number of anilines is 1. The number of piperidine rings is 1. The van der Waals surface area contributed by atoms with Crippen LogP contribution in [0, 0.1) is 0 Å². The average Bonchev–Trinajstić information content (AvgIpc) is 2.46. The molecule has 1 aliphatic heterocycles. The summed E-state index contributed by atoms with van der Waals surface area (Å²) in [5, 5.41) is 0.551. The number of carbonyl (C=O) groups is 1. The predicted octanol–water partition coefficient (Wildman–Crippen LogP) is 1.71. The Bertz CT molecular complexity index is 482. The van der Waals surface area contributed by atoms with Gasteiger partial charge in [-0.1, -0.05) is 11.6 Å². The van der Waals surface area contributed by atoms with Crippen molar-refractivity contribution in [3.8, 4) is 0 Å². The van der Waals surface area contributed by atoms with Crippen molar-refractivity contribution < 1.29 is 4.79 Å². The second kappa shape index (κ2) is 6.26. The van der Waals surface area contributed by atoms with E-state index in [1.54, 1.807) is 30.1 Å². The molecule has 6 nitrogen and oxygen atoms in total. The van der Waals surface area contributed by atoms with Crippen LogP contribution in [-0.2, 0) is 0 Å². The van der Waals surface area contributed by atoms with Crippen molar-refractivity contribution in [3.05, 3.63) is 17.5 Å². The van der Waals surface area contributed by atoms with Crippen molar-refractivity contribution in [2.75, 3.05) is 39.1 Å². The summed E-state index contributed by atoms with van der Waals surface area (Å²) in [4.78, 5) is 25.7. The first-order valence-corrected chi connectivity index (χ1v) is 7.03. The molecule has 0 saturated carbocycles. The minimum absolute atomic E-state index is 0.0191. The Morgan fingerprint density at radius 2 is 2.20 bits per heavy atom. The second-order valence-corrected chi connectivity index (χ2v) is 5.63. The zero-order valence-electron chi connectivity index (χ0n) is 12.1. The summed E-state index contributed by atoms with van der Waals surface area (Å²) in [6.45, 7) is 1.64. The zero-order valence-corrected chi connectivity index (χ0v) is 12.8. The third-order valence-electron chi connectivity index (χ3n) is 3.58. The van der Waals surface area contributed by atoms with E-state index < -0.39 is 0 Å². The number of aromatic nitrogens is 2. The molecule has 1 unspecified atom stereocenters. The Morgan fingerprint density at radius 3 is 2.85 bits per heavy atom. The van der Waals surface area contributed by atoms with Crippen molar-refractivity contribution in [1.82, 2.24) is 19.8 Å². The number of rotatable bonds is 2. The van der Waals surface area contributed by atoms with Gasteiger partial charge in [-0.05, 0) is 12.8 Å². The quantitative estimate of drug-likeness (QED) is 0.834. The first kappa shape index (κ1) is 14.8. The highest BCUT2D eigenvalue weighted by Crippen LogP contribution is 2.26. The number of nitrogens with zero attached hydrogens (tertiary/aromatic N) is 5. The van der Waals surface area contributed by atoms with Crippen LogP contribution >= 0.6 is 11.6 Å². The lowest BCUT2D eigenvalue weighted by Gasteiger charge is -2.39. The molecule has 2 amide bonds.